The van der Waals surface area contributed by atoms with E-state index in [-0.39, 0.29) is 24.2 Å². The summed E-state index contributed by atoms with van der Waals surface area (Å²) in [6.07, 6.45) is 3.42. The van der Waals surface area contributed by atoms with Crippen molar-refractivity contribution < 1.29 is 9.21 Å². The van der Waals surface area contributed by atoms with E-state index in [1.165, 1.54) is 4.68 Å². The molecule has 1 amide bonds. The van der Waals surface area contributed by atoms with Crippen molar-refractivity contribution in [2.75, 3.05) is 5.32 Å². The first-order valence-electron chi connectivity index (χ1n) is 8.63. The van der Waals surface area contributed by atoms with Crippen LogP contribution >= 0.6 is 0 Å². The lowest BCUT2D eigenvalue weighted by Crippen LogP contribution is -2.30. The molecule has 134 valence electrons. The van der Waals surface area contributed by atoms with Crippen LogP contribution in [0.5, 0.6) is 0 Å². The van der Waals surface area contributed by atoms with Crippen LogP contribution < -0.4 is 11.0 Å². The molecule has 7 nitrogen and oxygen atoms in total. The SMILES string of the molecule is Cc1ccc(NC(=O)Cn2nc(-c3ccco3)n(C3CC3)c2=O)c(C)c1. The molecule has 0 spiro atoms. The molecule has 1 aliphatic rings. The maximum Gasteiger partial charge on any atom is 0.347 e. The van der Waals surface area contributed by atoms with Crippen molar-refractivity contribution in [1.82, 2.24) is 14.3 Å². The first kappa shape index (κ1) is 16.4. The highest BCUT2D eigenvalue weighted by Crippen LogP contribution is 2.36. The Morgan fingerprint density at radius 3 is 2.77 bits per heavy atom. The van der Waals surface area contributed by atoms with E-state index in [0.717, 1.165) is 29.7 Å². The molecular weight excluding hydrogens is 332 g/mol. The highest BCUT2D eigenvalue weighted by molar-refractivity contribution is 5.91. The summed E-state index contributed by atoms with van der Waals surface area (Å²) >= 11 is 0. The Morgan fingerprint density at radius 1 is 1.31 bits per heavy atom. The highest BCUT2D eigenvalue weighted by atomic mass is 16.3. The predicted molar refractivity (Wildman–Crippen MR) is 97.0 cm³/mol. The molecule has 1 N–H and O–H groups in total. The topological polar surface area (TPSA) is 82.1 Å². The maximum atomic E-state index is 12.7. The number of anilines is 1. The lowest BCUT2D eigenvalue weighted by molar-refractivity contribution is -0.117. The Labute approximate surface area is 150 Å². The zero-order valence-electron chi connectivity index (χ0n) is 14.7. The van der Waals surface area contributed by atoms with Gasteiger partial charge in [0.2, 0.25) is 11.7 Å². The number of hydrogen-bond donors (Lipinski definition) is 1. The number of benzene rings is 1. The van der Waals surface area contributed by atoms with E-state index in [9.17, 15) is 9.59 Å². The number of nitrogens with zero attached hydrogens (tertiary/aromatic N) is 3. The molecule has 3 aromatic rings. The molecule has 1 aromatic carbocycles. The Bertz CT molecular complexity index is 1010. The van der Waals surface area contributed by atoms with E-state index in [1.807, 2.05) is 32.0 Å². The fourth-order valence-electron chi connectivity index (χ4n) is 3.04. The van der Waals surface area contributed by atoms with Gasteiger partial charge < -0.3 is 9.73 Å². The van der Waals surface area contributed by atoms with Crippen LogP contribution in [0.3, 0.4) is 0 Å². The Balaban J connectivity index is 1.59. The molecule has 1 saturated carbocycles. The summed E-state index contributed by atoms with van der Waals surface area (Å²) in [7, 11) is 0. The molecule has 1 aliphatic carbocycles. The number of hydrogen-bond acceptors (Lipinski definition) is 4. The Morgan fingerprint density at radius 2 is 2.12 bits per heavy atom. The third kappa shape index (κ3) is 3.08. The number of carbonyl (C=O) groups excluding carboxylic acids is 1. The highest BCUT2D eigenvalue weighted by Gasteiger charge is 2.31. The summed E-state index contributed by atoms with van der Waals surface area (Å²) in [6, 6.07) is 9.45. The van der Waals surface area contributed by atoms with E-state index < -0.39 is 0 Å². The van der Waals surface area contributed by atoms with Crippen molar-refractivity contribution in [1.29, 1.82) is 0 Å². The molecule has 4 rings (SSSR count). The second kappa shape index (κ2) is 6.33. The summed E-state index contributed by atoms with van der Waals surface area (Å²) in [5, 5.41) is 7.19. The molecule has 7 heteroatoms. The summed E-state index contributed by atoms with van der Waals surface area (Å²) in [6.45, 7) is 3.80. The zero-order valence-corrected chi connectivity index (χ0v) is 14.7. The third-order valence-corrected chi connectivity index (χ3v) is 4.47. The van der Waals surface area contributed by atoms with Crippen LogP contribution in [0.2, 0.25) is 0 Å². The summed E-state index contributed by atoms with van der Waals surface area (Å²) in [5.41, 5.74) is 2.56. The van der Waals surface area contributed by atoms with Gasteiger partial charge in [0.1, 0.15) is 6.54 Å². The van der Waals surface area contributed by atoms with Crippen molar-refractivity contribution in [3.8, 4) is 11.6 Å². The van der Waals surface area contributed by atoms with Gasteiger partial charge in [-0.3, -0.25) is 9.36 Å². The molecule has 0 radical (unpaired) electrons. The minimum absolute atomic E-state index is 0.138. The second-order valence-corrected chi connectivity index (χ2v) is 6.71. The van der Waals surface area contributed by atoms with Gasteiger partial charge >= 0.3 is 5.69 Å². The minimum Gasteiger partial charge on any atom is -0.461 e. The first-order valence-corrected chi connectivity index (χ1v) is 8.63. The molecule has 2 aromatic heterocycles. The van der Waals surface area contributed by atoms with Gasteiger partial charge in [-0.25, -0.2) is 9.48 Å². The number of carbonyl (C=O) groups is 1. The Kier molecular flexibility index (Phi) is 3.99. The number of furan rings is 1. The van der Waals surface area contributed by atoms with Gasteiger partial charge in [-0.05, 0) is 50.5 Å². The third-order valence-electron chi connectivity index (χ3n) is 4.47. The normalized spacial score (nSPS) is 13.8. The van der Waals surface area contributed by atoms with Gasteiger partial charge in [0.25, 0.3) is 0 Å². The van der Waals surface area contributed by atoms with Gasteiger partial charge in [-0.15, -0.1) is 5.10 Å². The number of aryl methyl sites for hydroxylation is 2. The molecule has 1 fully saturated rings. The molecular formula is C19H20N4O3. The number of rotatable bonds is 5. The minimum atomic E-state index is -0.287. The Hall–Kier alpha value is -3.09. The first-order chi connectivity index (χ1) is 12.5. The second-order valence-electron chi connectivity index (χ2n) is 6.71. The average Bonchev–Trinajstić information content (AvgIpc) is 3.17. The summed E-state index contributed by atoms with van der Waals surface area (Å²) in [5.74, 6) is 0.717. The lowest BCUT2D eigenvalue weighted by Gasteiger charge is -2.08. The van der Waals surface area contributed by atoms with Crippen LogP contribution in [-0.4, -0.2) is 20.3 Å². The van der Waals surface area contributed by atoms with E-state index >= 15 is 0 Å². The molecule has 0 aliphatic heterocycles. The van der Waals surface area contributed by atoms with Crippen molar-refractivity contribution in [2.45, 2.75) is 39.3 Å². The van der Waals surface area contributed by atoms with Crippen LogP contribution in [-0.2, 0) is 11.3 Å². The van der Waals surface area contributed by atoms with Gasteiger partial charge in [-0.2, -0.15) is 0 Å². The fourth-order valence-corrected chi connectivity index (χ4v) is 3.04. The number of amides is 1. The monoisotopic (exact) mass is 352 g/mol. The fraction of sp³-hybridized carbons (Fsp3) is 0.316. The molecule has 26 heavy (non-hydrogen) atoms. The van der Waals surface area contributed by atoms with Crippen molar-refractivity contribution in [3.05, 3.63) is 58.2 Å². The quantitative estimate of drug-likeness (QED) is 0.765. The molecule has 0 atom stereocenters. The molecule has 0 saturated heterocycles. The van der Waals surface area contributed by atoms with Gasteiger partial charge in [0.15, 0.2) is 5.76 Å². The molecule has 0 unspecified atom stereocenters. The van der Waals surface area contributed by atoms with Crippen LogP contribution in [0.25, 0.3) is 11.6 Å². The van der Waals surface area contributed by atoms with Crippen molar-refractivity contribution >= 4 is 11.6 Å². The predicted octanol–water partition coefficient (Wildman–Crippen LogP) is 2.90. The number of aromatic nitrogens is 3. The zero-order chi connectivity index (χ0) is 18.3. The molecule has 2 heterocycles. The molecule has 0 bridgehead atoms. The number of nitrogens with one attached hydrogen (secondary N) is 1. The summed E-state index contributed by atoms with van der Waals surface area (Å²) in [4.78, 5) is 25.1. The van der Waals surface area contributed by atoms with Crippen LogP contribution in [0.4, 0.5) is 5.69 Å². The van der Waals surface area contributed by atoms with Crippen molar-refractivity contribution in [3.63, 3.8) is 0 Å². The van der Waals surface area contributed by atoms with Gasteiger partial charge in [0.05, 0.1) is 6.26 Å². The van der Waals surface area contributed by atoms with Crippen LogP contribution in [0.15, 0.2) is 45.8 Å². The average molecular weight is 352 g/mol. The van der Waals surface area contributed by atoms with Crippen LogP contribution in [0.1, 0.15) is 30.0 Å². The van der Waals surface area contributed by atoms with E-state index in [4.69, 9.17) is 4.42 Å². The van der Waals surface area contributed by atoms with Crippen molar-refractivity contribution in [2.24, 2.45) is 0 Å². The van der Waals surface area contributed by atoms with E-state index in [2.05, 4.69) is 10.4 Å². The van der Waals surface area contributed by atoms with E-state index in [0.29, 0.717) is 11.6 Å². The van der Waals surface area contributed by atoms with Gasteiger partial charge in [-0.1, -0.05) is 17.7 Å². The maximum absolute atomic E-state index is 12.7. The van der Waals surface area contributed by atoms with Crippen LogP contribution in [0, 0.1) is 13.8 Å². The van der Waals surface area contributed by atoms with Gasteiger partial charge in [0, 0.05) is 11.7 Å². The largest absolute Gasteiger partial charge is 0.461 e. The smallest absolute Gasteiger partial charge is 0.347 e. The summed E-state index contributed by atoms with van der Waals surface area (Å²) < 4.78 is 8.23. The van der Waals surface area contributed by atoms with E-state index in [1.54, 1.807) is 23.0 Å². The lowest BCUT2D eigenvalue weighted by atomic mass is 10.1. The standard InChI is InChI=1S/C19H20N4O3/c1-12-5-8-15(13(2)10-12)20-17(24)11-22-19(25)23(14-6-7-14)18(21-22)16-4-3-9-26-16/h3-5,8-10,14H,6-7,11H2,1-2H3,(H,20,24).